The Morgan fingerprint density at radius 2 is 1.89 bits per heavy atom. The van der Waals surface area contributed by atoms with E-state index in [0.29, 0.717) is 42.0 Å². The number of anilines is 3. The molecule has 1 aliphatic heterocycles. The molecule has 1 amide bonds. The summed E-state index contributed by atoms with van der Waals surface area (Å²) in [7, 11) is 0. The van der Waals surface area contributed by atoms with Crippen LogP contribution in [0.4, 0.5) is 17.5 Å². The van der Waals surface area contributed by atoms with Gasteiger partial charge in [-0.3, -0.25) is 4.79 Å². The Morgan fingerprint density at radius 3 is 2.57 bits per heavy atom. The normalized spacial score (nSPS) is 14.2. The van der Waals surface area contributed by atoms with Gasteiger partial charge < -0.3 is 19.6 Å². The molecule has 0 aliphatic carbocycles. The molecule has 0 spiro atoms. The average molecular weight is 379 g/mol. The number of pyridine rings is 1. The van der Waals surface area contributed by atoms with Crippen molar-refractivity contribution in [3.63, 3.8) is 0 Å². The second kappa shape index (κ2) is 7.63. The third-order valence-electron chi connectivity index (χ3n) is 4.48. The fourth-order valence-corrected chi connectivity index (χ4v) is 3.14. The molecule has 1 fully saturated rings. The number of nitrogens with one attached hydrogen (secondary N) is 1. The van der Waals surface area contributed by atoms with Gasteiger partial charge in [0.1, 0.15) is 28.9 Å². The van der Waals surface area contributed by atoms with E-state index in [1.165, 1.54) is 0 Å². The van der Waals surface area contributed by atoms with Crippen LogP contribution in [-0.2, 0) is 0 Å². The van der Waals surface area contributed by atoms with Crippen LogP contribution in [0.15, 0.2) is 41.1 Å². The van der Waals surface area contributed by atoms with Gasteiger partial charge in [-0.2, -0.15) is 0 Å². The summed E-state index contributed by atoms with van der Waals surface area (Å²) in [5.74, 6) is 3.08. The summed E-state index contributed by atoms with van der Waals surface area (Å²) in [4.78, 5) is 30.0. The highest BCUT2D eigenvalue weighted by Crippen LogP contribution is 2.18. The highest BCUT2D eigenvalue weighted by atomic mass is 16.5. The Balaban J connectivity index is 1.45. The third kappa shape index (κ3) is 3.93. The maximum Gasteiger partial charge on any atom is 0.272 e. The molecule has 28 heavy (non-hydrogen) atoms. The average Bonchev–Trinajstić information content (AvgIpc) is 3.12. The first-order chi connectivity index (χ1) is 13.6. The molecule has 4 heterocycles. The minimum Gasteiger partial charge on any atom is -0.360 e. The molecule has 144 valence electrons. The quantitative estimate of drug-likeness (QED) is 0.736. The van der Waals surface area contributed by atoms with Crippen LogP contribution in [0.5, 0.6) is 0 Å². The van der Waals surface area contributed by atoms with E-state index in [4.69, 9.17) is 4.52 Å². The number of hydrogen-bond acceptors (Lipinski definition) is 8. The van der Waals surface area contributed by atoms with E-state index < -0.39 is 0 Å². The largest absolute Gasteiger partial charge is 0.360 e. The van der Waals surface area contributed by atoms with Crippen LogP contribution in [0.1, 0.15) is 22.1 Å². The van der Waals surface area contributed by atoms with Gasteiger partial charge in [-0.1, -0.05) is 11.2 Å². The lowest BCUT2D eigenvalue weighted by Crippen LogP contribution is -2.49. The maximum atomic E-state index is 12.9. The molecule has 0 atom stereocenters. The van der Waals surface area contributed by atoms with Crippen LogP contribution in [0.3, 0.4) is 0 Å². The Morgan fingerprint density at radius 1 is 1.07 bits per heavy atom. The topological polar surface area (TPSA) is 100 Å². The lowest BCUT2D eigenvalue weighted by molar-refractivity contribution is 0.0740. The van der Waals surface area contributed by atoms with Gasteiger partial charge in [0, 0.05) is 44.5 Å². The highest BCUT2D eigenvalue weighted by Gasteiger charge is 2.24. The number of hydrogen-bond donors (Lipinski definition) is 1. The lowest BCUT2D eigenvalue weighted by Gasteiger charge is -2.35. The summed E-state index contributed by atoms with van der Waals surface area (Å²) in [5.41, 5.74) is 0.363. The second-order valence-corrected chi connectivity index (χ2v) is 6.60. The molecular weight excluding hydrogens is 358 g/mol. The van der Waals surface area contributed by atoms with Crippen molar-refractivity contribution in [2.24, 2.45) is 0 Å². The summed E-state index contributed by atoms with van der Waals surface area (Å²) in [6.07, 6.45) is 1.78. The van der Waals surface area contributed by atoms with E-state index in [0.717, 1.165) is 18.9 Å². The first-order valence-electron chi connectivity index (χ1n) is 9.10. The number of carbonyl (C=O) groups is 1. The standard InChI is InChI=1S/C19H21N7O2/c1-13-11-17(24-28-13)23-16-12-15(21-14(2)22-16)19(27)26-9-7-25(8-10-26)18-5-3-4-6-20-18/h3-6,11-12H,7-10H2,1-2H3,(H,21,22,23,24). The van der Waals surface area contributed by atoms with Gasteiger partial charge >= 0.3 is 0 Å². The van der Waals surface area contributed by atoms with Crippen molar-refractivity contribution in [3.05, 3.63) is 53.8 Å². The first-order valence-corrected chi connectivity index (χ1v) is 9.10. The molecule has 9 heteroatoms. The summed E-state index contributed by atoms with van der Waals surface area (Å²) < 4.78 is 5.05. The highest BCUT2D eigenvalue weighted by molar-refractivity contribution is 5.93. The Labute approximate surface area is 162 Å². The summed E-state index contributed by atoms with van der Waals surface area (Å²) in [5, 5.41) is 6.94. The number of amides is 1. The molecule has 3 aromatic heterocycles. The molecule has 4 rings (SSSR count). The molecule has 0 aromatic carbocycles. The zero-order valence-corrected chi connectivity index (χ0v) is 15.8. The predicted octanol–water partition coefficient (Wildman–Crippen LogP) is 2.18. The van der Waals surface area contributed by atoms with E-state index >= 15 is 0 Å². The van der Waals surface area contributed by atoms with E-state index in [1.807, 2.05) is 30.0 Å². The number of aromatic nitrogens is 4. The molecule has 1 saturated heterocycles. The van der Waals surface area contributed by atoms with Crippen molar-refractivity contribution in [1.29, 1.82) is 0 Å². The number of rotatable bonds is 4. The van der Waals surface area contributed by atoms with Gasteiger partial charge in [0.05, 0.1) is 0 Å². The van der Waals surface area contributed by atoms with Crippen molar-refractivity contribution in [3.8, 4) is 0 Å². The number of piperazine rings is 1. The number of carbonyl (C=O) groups excluding carboxylic acids is 1. The van der Waals surface area contributed by atoms with E-state index in [1.54, 1.807) is 25.3 Å². The maximum absolute atomic E-state index is 12.9. The van der Waals surface area contributed by atoms with E-state index in [-0.39, 0.29) is 5.91 Å². The summed E-state index contributed by atoms with van der Waals surface area (Å²) >= 11 is 0. The molecule has 0 bridgehead atoms. The zero-order valence-electron chi connectivity index (χ0n) is 15.8. The van der Waals surface area contributed by atoms with Crippen LogP contribution in [0.25, 0.3) is 0 Å². The fraction of sp³-hybridized carbons (Fsp3) is 0.316. The Bertz CT molecular complexity index is 965. The lowest BCUT2D eigenvalue weighted by atomic mass is 10.2. The summed E-state index contributed by atoms with van der Waals surface area (Å²) in [6, 6.07) is 9.25. The molecule has 3 aromatic rings. The van der Waals surface area contributed by atoms with Crippen molar-refractivity contribution in [2.75, 3.05) is 36.4 Å². The van der Waals surface area contributed by atoms with Crippen LogP contribution in [-0.4, -0.2) is 57.1 Å². The second-order valence-electron chi connectivity index (χ2n) is 6.60. The number of aryl methyl sites for hydroxylation is 2. The first kappa shape index (κ1) is 17.9. The smallest absolute Gasteiger partial charge is 0.272 e. The van der Waals surface area contributed by atoms with Crippen LogP contribution in [0, 0.1) is 13.8 Å². The molecular formula is C19H21N7O2. The van der Waals surface area contributed by atoms with Gasteiger partial charge in [-0.05, 0) is 26.0 Å². The van der Waals surface area contributed by atoms with E-state index in [2.05, 4.69) is 30.3 Å². The van der Waals surface area contributed by atoms with Crippen molar-refractivity contribution < 1.29 is 9.32 Å². The monoisotopic (exact) mass is 379 g/mol. The van der Waals surface area contributed by atoms with Crippen LogP contribution < -0.4 is 10.2 Å². The van der Waals surface area contributed by atoms with Gasteiger partial charge in [0.15, 0.2) is 5.82 Å². The van der Waals surface area contributed by atoms with Crippen molar-refractivity contribution in [1.82, 2.24) is 25.0 Å². The molecule has 9 nitrogen and oxygen atoms in total. The van der Waals surface area contributed by atoms with Gasteiger partial charge in [-0.15, -0.1) is 0 Å². The van der Waals surface area contributed by atoms with Crippen LogP contribution in [0.2, 0.25) is 0 Å². The van der Waals surface area contributed by atoms with Gasteiger partial charge in [-0.25, -0.2) is 15.0 Å². The number of nitrogens with zero attached hydrogens (tertiary/aromatic N) is 6. The Kier molecular flexibility index (Phi) is 4.88. The zero-order chi connectivity index (χ0) is 19.5. The minimum absolute atomic E-state index is 0.106. The third-order valence-corrected chi connectivity index (χ3v) is 4.48. The summed E-state index contributed by atoms with van der Waals surface area (Å²) in [6.45, 7) is 6.26. The molecule has 0 unspecified atom stereocenters. The molecule has 0 saturated carbocycles. The van der Waals surface area contributed by atoms with Gasteiger partial charge in [0.2, 0.25) is 0 Å². The fourth-order valence-electron chi connectivity index (χ4n) is 3.14. The predicted molar refractivity (Wildman–Crippen MR) is 104 cm³/mol. The molecule has 1 aliphatic rings. The van der Waals surface area contributed by atoms with Gasteiger partial charge in [0.25, 0.3) is 5.91 Å². The molecule has 1 N–H and O–H groups in total. The van der Waals surface area contributed by atoms with Crippen molar-refractivity contribution in [2.45, 2.75) is 13.8 Å². The Hall–Kier alpha value is -3.49. The SMILES string of the molecule is Cc1nc(Nc2cc(C)on2)cc(C(=O)N2CCN(c3ccccn3)CC2)n1. The minimum atomic E-state index is -0.106. The molecule has 0 radical (unpaired) electrons. The van der Waals surface area contributed by atoms with Crippen LogP contribution >= 0.6 is 0 Å². The van der Waals surface area contributed by atoms with E-state index in [9.17, 15) is 4.79 Å². The van der Waals surface area contributed by atoms with Crippen molar-refractivity contribution >= 4 is 23.4 Å².